The van der Waals surface area contributed by atoms with Gasteiger partial charge in [0.05, 0.1) is 6.61 Å². The highest BCUT2D eigenvalue weighted by molar-refractivity contribution is 5.38. The first kappa shape index (κ1) is 14.1. The lowest BCUT2D eigenvalue weighted by atomic mass is 10.0. The van der Waals surface area contributed by atoms with Gasteiger partial charge in [-0.2, -0.15) is 4.98 Å². The summed E-state index contributed by atoms with van der Waals surface area (Å²) in [5, 5.41) is 3.45. The number of hydrogen-bond acceptors (Lipinski definition) is 4. The van der Waals surface area contributed by atoms with Crippen LogP contribution in [0.15, 0.2) is 6.07 Å². The van der Waals surface area contributed by atoms with Crippen LogP contribution in [-0.2, 0) is 0 Å². The molecule has 0 aromatic carbocycles. The van der Waals surface area contributed by atoms with Crippen LogP contribution in [0.1, 0.15) is 46.7 Å². The predicted molar refractivity (Wildman–Crippen MR) is 77.5 cm³/mol. The maximum Gasteiger partial charge on any atom is 0.226 e. The molecule has 0 saturated heterocycles. The molecule has 1 saturated carbocycles. The Balaban J connectivity index is 2.11. The van der Waals surface area contributed by atoms with Gasteiger partial charge >= 0.3 is 0 Å². The van der Waals surface area contributed by atoms with Crippen molar-refractivity contribution in [2.45, 2.75) is 54.0 Å². The molecular weight excluding hydrogens is 238 g/mol. The minimum atomic E-state index is 0.268. The Morgan fingerprint density at radius 3 is 2.37 bits per heavy atom. The summed E-state index contributed by atoms with van der Waals surface area (Å²) >= 11 is 0. The number of hydrogen-bond donors (Lipinski definition) is 1. The summed E-state index contributed by atoms with van der Waals surface area (Å²) in [5.74, 6) is 1.34. The van der Waals surface area contributed by atoms with Crippen molar-refractivity contribution in [2.75, 3.05) is 11.9 Å². The van der Waals surface area contributed by atoms with E-state index in [1.54, 1.807) is 0 Å². The molecule has 0 atom stereocenters. The molecule has 0 radical (unpaired) electrons. The first-order valence-corrected chi connectivity index (χ1v) is 7.04. The van der Waals surface area contributed by atoms with Crippen LogP contribution in [0.25, 0.3) is 0 Å². The lowest BCUT2D eigenvalue weighted by molar-refractivity contribution is 0.305. The molecule has 0 amide bonds. The molecule has 1 aliphatic carbocycles. The number of anilines is 1. The van der Waals surface area contributed by atoms with E-state index in [1.165, 1.54) is 0 Å². The molecule has 0 spiro atoms. The topological polar surface area (TPSA) is 47.0 Å². The van der Waals surface area contributed by atoms with Gasteiger partial charge in [0.15, 0.2) is 0 Å². The largest absolute Gasteiger partial charge is 0.478 e. The van der Waals surface area contributed by atoms with Crippen molar-refractivity contribution in [1.29, 1.82) is 0 Å². The van der Waals surface area contributed by atoms with Crippen LogP contribution in [0.4, 0.5) is 5.95 Å². The smallest absolute Gasteiger partial charge is 0.226 e. The van der Waals surface area contributed by atoms with Crippen molar-refractivity contribution in [2.24, 2.45) is 10.8 Å². The minimum Gasteiger partial charge on any atom is -0.478 e. The molecule has 0 aliphatic heterocycles. The van der Waals surface area contributed by atoms with Gasteiger partial charge in [-0.1, -0.05) is 34.6 Å². The van der Waals surface area contributed by atoms with Gasteiger partial charge in [0.2, 0.25) is 11.8 Å². The Morgan fingerprint density at radius 1 is 1.21 bits per heavy atom. The first-order chi connectivity index (χ1) is 8.79. The van der Waals surface area contributed by atoms with Crippen LogP contribution >= 0.6 is 0 Å². The Morgan fingerprint density at radius 2 is 1.84 bits per heavy atom. The zero-order valence-corrected chi connectivity index (χ0v) is 12.9. The van der Waals surface area contributed by atoms with E-state index in [1.807, 2.05) is 13.0 Å². The van der Waals surface area contributed by atoms with Crippen molar-refractivity contribution in [3.8, 4) is 5.88 Å². The standard InChI is InChI=1S/C15H25N3O/c1-7-8-19-11-9-10(2)16-13(17-11)18-12-14(3,4)15(12,5)6/h9,12H,7-8H2,1-6H3,(H,16,17,18). The number of aryl methyl sites for hydroxylation is 1. The molecule has 106 valence electrons. The maximum absolute atomic E-state index is 5.59. The Bertz CT molecular complexity index is 454. The van der Waals surface area contributed by atoms with E-state index in [4.69, 9.17) is 4.74 Å². The lowest BCUT2D eigenvalue weighted by Crippen LogP contribution is -2.13. The maximum atomic E-state index is 5.59. The monoisotopic (exact) mass is 263 g/mol. The number of nitrogens with zero attached hydrogens (tertiary/aromatic N) is 2. The van der Waals surface area contributed by atoms with Gasteiger partial charge < -0.3 is 10.1 Å². The molecule has 1 aliphatic rings. The highest BCUT2D eigenvalue weighted by Gasteiger charge is 2.65. The third-order valence-electron chi connectivity index (χ3n) is 4.58. The summed E-state index contributed by atoms with van der Waals surface area (Å²) in [4.78, 5) is 8.89. The van der Waals surface area contributed by atoms with E-state index >= 15 is 0 Å². The van der Waals surface area contributed by atoms with Gasteiger partial charge in [-0.25, -0.2) is 4.98 Å². The van der Waals surface area contributed by atoms with Crippen LogP contribution in [0.3, 0.4) is 0 Å². The van der Waals surface area contributed by atoms with Crippen molar-refractivity contribution in [3.63, 3.8) is 0 Å². The number of nitrogens with one attached hydrogen (secondary N) is 1. The summed E-state index contributed by atoms with van der Waals surface area (Å²) in [6.45, 7) is 13.8. The fourth-order valence-corrected chi connectivity index (χ4v) is 2.57. The SMILES string of the molecule is CCCOc1cc(C)nc(NC2C(C)(C)C2(C)C)n1. The van der Waals surface area contributed by atoms with Crippen LogP contribution < -0.4 is 10.1 Å². The second kappa shape index (κ2) is 4.66. The Kier molecular flexibility index (Phi) is 3.45. The van der Waals surface area contributed by atoms with E-state index in [-0.39, 0.29) is 10.8 Å². The van der Waals surface area contributed by atoms with E-state index in [0.29, 0.717) is 24.5 Å². The van der Waals surface area contributed by atoms with Crippen molar-refractivity contribution < 1.29 is 4.74 Å². The van der Waals surface area contributed by atoms with Gasteiger partial charge in [-0.15, -0.1) is 0 Å². The zero-order chi connectivity index (χ0) is 14.3. The van der Waals surface area contributed by atoms with E-state index in [0.717, 1.165) is 12.1 Å². The minimum absolute atomic E-state index is 0.268. The summed E-state index contributed by atoms with van der Waals surface area (Å²) in [7, 11) is 0. The second-order valence-corrected chi connectivity index (χ2v) is 6.54. The van der Waals surface area contributed by atoms with Gasteiger partial charge in [-0.05, 0) is 24.2 Å². The van der Waals surface area contributed by atoms with Crippen LogP contribution in [0.2, 0.25) is 0 Å². The van der Waals surface area contributed by atoms with E-state index in [2.05, 4.69) is 49.9 Å². The van der Waals surface area contributed by atoms with Crippen molar-refractivity contribution in [1.82, 2.24) is 9.97 Å². The molecule has 2 rings (SSSR count). The highest BCUT2D eigenvalue weighted by atomic mass is 16.5. The third kappa shape index (κ3) is 2.53. The summed E-state index contributed by atoms with van der Waals surface area (Å²) in [5.41, 5.74) is 1.47. The highest BCUT2D eigenvalue weighted by Crippen LogP contribution is 2.63. The van der Waals surface area contributed by atoms with E-state index < -0.39 is 0 Å². The molecule has 4 nitrogen and oxygen atoms in total. The van der Waals surface area contributed by atoms with Gasteiger partial charge in [0, 0.05) is 17.8 Å². The molecular formula is C15H25N3O. The number of aromatic nitrogens is 2. The third-order valence-corrected chi connectivity index (χ3v) is 4.58. The molecule has 0 bridgehead atoms. The zero-order valence-electron chi connectivity index (χ0n) is 12.9. The first-order valence-electron chi connectivity index (χ1n) is 7.04. The Labute approximate surface area is 116 Å². The molecule has 19 heavy (non-hydrogen) atoms. The van der Waals surface area contributed by atoms with Gasteiger partial charge in [0.1, 0.15) is 0 Å². The average molecular weight is 263 g/mol. The average Bonchev–Trinajstić information content (AvgIpc) is 2.68. The molecule has 1 N–H and O–H groups in total. The lowest BCUT2D eigenvalue weighted by Gasteiger charge is -2.10. The molecule has 1 aromatic rings. The van der Waals surface area contributed by atoms with Gasteiger partial charge in [-0.3, -0.25) is 0 Å². The predicted octanol–water partition coefficient (Wildman–Crippen LogP) is 3.42. The number of rotatable bonds is 5. The van der Waals surface area contributed by atoms with Crippen LogP contribution in [0.5, 0.6) is 5.88 Å². The fraction of sp³-hybridized carbons (Fsp3) is 0.733. The van der Waals surface area contributed by atoms with Gasteiger partial charge in [0.25, 0.3) is 0 Å². The van der Waals surface area contributed by atoms with Crippen LogP contribution in [-0.4, -0.2) is 22.6 Å². The van der Waals surface area contributed by atoms with Crippen molar-refractivity contribution >= 4 is 5.95 Å². The summed E-state index contributed by atoms with van der Waals surface area (Å²) in [6.07, 6.45) is 0.981. The molecule has 1 aromatic heterocycles. The molecule has 4 heteroatoms. The second-order valence-electron chi connectivity index (χ2n) is 6.54. The fourth-order valence-electron chi connectivity index (χ4n) is 2.57. The molecule has 1 heterocycles. The quantitative estimate of drug-likeness (QED) is 0.884. The number of ether oxygens (including phenoxy) is 1. The van der Waals surface area contributed by atoms with Crippen molar-refractivity contribution in [3.05, 3.63) is 11.8 Å². The Hall–Kier alpha value is -1.32. The van der Waals surface area contributed by atoms with E-state index in [9.17, 15) is 0 Å². The molecule has 0 unspecified atom stereocenters. The molecule has 1 fully saturated rings. The summed E-state index contributed by atoms with van der Waals surface area (Å²) < 4.78 is 5.59. The van der Waals surface area contributed by atoms with Crippen LogP contribution in [0, 0.1) is 17.8 Å². The normalized spacial score (nSPS) is 20.1. The summed E-state index contributed by atoms with van der Waals surface area (Å²) in [6, 6.07) is 2.28.